The maximum atomic E-state index is 13.0. The quantitative estimate of drug-likeness (QED) is 0.662. The molecule has 3 rings (SSSR count). The largest absolute Gasteiger partial charge is 0.334 e. The fourth-order valence-electron chi connectivity index (χ4n) is 3.02. The molecule has 3 aromatic rings. The predicted octanol–water partition coefficient (Wildman–Crippen LogP) is 4.65. The highest BCUT2D eigenvalue weighted by molar-refractivity contribution is 9.10. The Morgan fingerprint density at radius 1 is 1.15 bits per heavy atom. The van der Waals surface area contributed by atoms with Gasteiger partial charge >= 0.3 is 0 Å². The lowest BCUT2D eigenvalue weighted by Crippen LogP contribution is -2.33. The van der Waals surface area contributed by atoms with E-state index in [0.29, 0.717) is 17.7 Å². The third kappa shape index (κ3) is 3.88. The Morgan fingerprint density at radius 3 is 2.65 bits per heavy atom. The average molecular weight is 413 g/mol. The molecule has 4 nitrogen and oxygen atoms in total. The fourth-order valence-corrected chi connectivity index (χ4v) is 3.48. The number of aromatic amines is 1. The molecule has 0 atom stereocenters. The van der Waals surface area contributed by atoms with Crippen LogP contribution in [0.5, 0.6) is 0 Å². The van der Waals surface area contributed by atoms with Gasteiger partial charge in [0.1, 0.15) is 0 Å². The van der Waals surface area contributed by atoms with Crippen molar-refractivity contribution in [1.29, 1.82) is 0 Å². The van der Waals surface area contributed by atoms with E-state index in [1.807, 2.05) is 56.3 Å². The number of amides is 1. The van der Waals surface area contributed by atoms with Gasteiger partial charge in [0.05, 0.1) is 12.1 Å². The van der Waals surface area contributed by atoms with Crippen LogP contribution in [-0.2, 0) is 6.54 Å². The summed E-state index contributed by atoms with van der Waals surface area (Å²) in [5.74, 6) is -0.0805. The number of fused-ring (bicyclic) bond motifs is 1. The van der Waals surface area contributed by atoms with Gasteiger partial charge in [-0.05, 0) is 65.0 Å². The highest BCUT2D eigenvalue weighted by atomic mass is 79.9. The second-order valence-electron chi connectivity index (χ2n) is 6.42. The lowest BCUT2D eigenvalue weighted by molar-refractivity contribution is 0.0741. The average Bonchev–Trinajstić information content (AvgIpc) is 2.62. The molecule has 5 heteroatoms. The number of nitrogens with one attached hydrogen (secondary N) is 1. The summed E-state index contributed by atoms with van der Waals surface area (Å²) in [6, 6.07) is 15.2. The molecular formula is C21H21BrN2O2. The van der Waals surface area contributed by atoms with Crippen LogP contribution in [0, 0.1) is 6.92 Å². The number of aryl methyl sites for hydroxylation is 1. The van der Waals surface area contributed by atoms with E-state index in [2.05, 4.69) is 20.9 Å². The van der Waals surface area contributed by atoms with E-state index in [4.69, 9.17) is 0 Å². The number of H-pyrrole nitrogens is 1. The Bertz CT molecular complexity index is 1010. The van der Waals surface area contributed by atoms with Gasteiger partial charge in [0, 0.05) is 22.1 Å². The predicted molar refractivity (Wildman–Crippen MR) is 108 cm³/mol. The normalized spacial score (nSPS) is 10.9. The molecule has 2 aromatic carbocycles. The molecule has 0 fully saturated rings. The molecule has 0 aliphatic rings. The monoisotopic (exact) mass is 412 g/mol. The molecule has 0 saturated carbocycles. The number of halogens is 1. The molecule has 26 heavy (non-hydrogen) atoms. The number of aromatic nitrogens is 1. The van der Waals surface area contributed by atoms with Crippen LogP contribution in [0.25, 0.3) is 10.9 Å². The Balaban J connectivity index is 1.96. The zero-order chi connectivity index (χ0) is 18.7. The fraction of sp³-hybridized carbons (Fsp3) is 0.238. The molecule has 0 unspecified atom stereocenters. The van der Waals surface area contributed by atoms with Gasteiger partial charge in [0.15, 0.2) is 0 Å². The molecule has 0 bridgehead atoms. The van der Waals surface area contributed by atoms with Crippen LogP contribution >= 0.6 is 15.9 Å². The number of pyridine rings is 1. The number of carbonyl (C=O) groups is 1. The van der Waals surface area contributed by atoms with Gasteiger partial charge in [-0.25, -0.2) is 0 Å². The number of carbonyl (C=O) groups excluding carboxylic acids is 1. The molecule has 1 heterocycles. The SMILES string of the molecule is CCCN(Cc1cc2cc(C)ccc2[nH]c1=O)C(=O)c1ccccc1Br. The van der Waals surface area contributed by atoms with Crippen molar-refractivity contribution < 1.29 is 4.79 Å². The summed E-state index contributed by atoms with van der Waals surface area (Å²) in [5, 5.41) is 0.976. The van der Waals surface area contributed by atoms with Gasteiger partial charge in [-0.1, -0.05) is 30.7 Å². The number of hydrogen-bond donors (Lipinski definition) is 1. The van der Waals surface area contributed by atoms with Gasteiger partial charge in [-0.3, -0.25) is 9.59 Å². The minimum Gasteiger partial charge on any atom is -0.334 e. The molecule has 1 N–H and O–H groups in total. The standard InChI is InChI=1S/C21H21BrN2O2/c1-3-10-24(21(26)17-6-4-5-7-18(17)22)13-16-12-15-11-14(2)8-9-19(15)23-20(16)25/h4-9,11-12H,3,10,13H2,1-2H3,(H,23,25). The molecule has 134 valence electrons. The van der Waals surface area contributed by atoms with E-state index in [1.165, 1.54) is 0 Å². The molecule has 0 spiro atoms. The maximum absolute atomic E-state index is 13.0. The summed E-state index contributed by atoms with van der Waals surface area (Å²) in [5.41, 5.74) is 2.99. The Labute approximate surface area is 161 Å². The first kappa shape index (κ1) is 18.4. The van der Waals surface area contributed by atoms with Gasteiger partial charge in [0.25, 0.3) is 11.5 Å². The van der Waals surface area contributed by atoms with Crippen molar-refractivity contribution in [3.05, 3.63) is 80.0 Å². The van der Waals surface area contributed by atoms with Crippen LogP contribution in [-0.4, -0.2) is 22.3 Å². The lowest BCUT2D eigenvalue weighted by Gasteiger charge is -2.22. The summed E-state index contributed by atoms with van der Waals surface area (Å²) in [6.45, 7) is 4.91. The summed E-state index contributed by atoms with van der Waals surface area (Å²) in [4.78, 5) is 30.1. The summed E-state index contributed by atoms with van der Waals surface area (Å²) in [6.07, 6.45) is 0.820. The van der Waals surface area contributed by atoms with E-state index < -0.39 is 0 Å². The van der Waals surface area contributed by atoms with Gasteiger partial charge < -0.3 is 9.88 Å². The van der Waals surface area contributed by atoms with Crippen molar-refractivity contribution in [3.63, 3.8) is 0 Å². The van der Waals surface area contributed by atoms with Crippen molar-refractivity contribution in [2.75, 3.05) is 6.54 Å². The van der Waals surface area contributed by atoms with Crippen molar-refractivity contribution >= 4 is 32.7 Å². The number of hydrogen-bond acceptors (Lipinski definition) is 2. The van der Waals surface area contributed by atoms with Crippen LogP contribution in [0.15, 0.2) is 57.8 Å². The minimum atomic E-state index is -0.151. The maximum Gasteiger partial charge on any atom is 0.255 e. The topological polar surface area (TPSA) is 53.2 Å². The molecular weight excluding hydrogens is 392 g/mol. The van der Waals surface area contributed by atoms with Crippen LogP contribution in [0.4, 0.5) is 0 Å². The van der Waals surface area contributed by atoms with Crippen LogP contribution in [0.1, 0.15) is 34.8 Å². The van der Waals surface area contributed by atoms with Gasteiger partial charge in [-0.2, -0.15) is 0 Å². The molecule has 0 aliphatic carbocycles. The smallest absolute Gasteiger partial charge is 0.255 e. The van der Waals surface area contributed by atoms with Gasteiger partial charge in [-0.15, -0.1) is 0 Å². The summed E-state index contributed by atoms with van der Waals surface area (Å²) in [7, 11) is 0. The summed E-state index contributed by atoms with van der Waals surface area (Å²) < 4.78 is 0.758. The first-order valence-electron chi connectivity index (χ1n) is 8.66. The van der Waals surface area contributed by atoms with E-state index >= 15 is 0 Å². The lowest BCUT2D eigenvalue weighted by atomic mass is 10.1. The number of nitrogens with zero attached hydrogens (tertiary/aromatic N) is 1. The molecule has 0 radical (unpaired) electrons. The number of rotatable bonds is 5. The molecule has 1 aromatic heterocycles. The van der Waals surface area contributed by atoms with E-state index in [9.17, 15) is 9.59 Å². The molecule has 0 aliphatic heterocycles. The highest BCUT2D eigenvalue weighted by Gasteiger charge is 2.19. The molecule has 0 saturated heterocycles. The number of benzene rings is 2. The van der Waals surface area contributed by atoms with Crippen LogP contribution in [0.3, 0.4) is 0 Å². The van der Waals surface area contributed by atoms with Crippen molar-refractivity contribution in [3.8, 4) is 0 Å². The molecule has 1 amide bonds. The first-order valence-corrected chi connectivity index (χ1v) is 9.45. The third-order valence-corrected chi connectivity index (χ3v) is 5.01. The van der Waals surface area contributed by atoms with Crippen molar-refractivity contribution in [2.24, 2.45) is 0 Å². The second-order valence-corrected chi connectivity index (χ2v) is 7.28. The van der Waals surface area contributed by atoms with Crippen LogP contribution < -0.4 is 5.56 Å². The summed E-state index contributed by atoms with van der Waals surface area (Å²) >= 11 is 3.44. The Kier molecular flexibility index (Phi) is 5.57. The highest BCUT2D eigenvalue weighted by Crippen LogP contribution is 2.20. The zero-order valence-electron chi connectivity index (χ0n) is 14.9. The van der Waals surface area contributed by atoms with Crippen LogP contribution in [0.2, 0.25) is 0 Å². The Morgan fingerprint density at radius 2 is 1.92 bits per heavy atom. The zero-order valence-corrected chi connectivity index (χ0v) is 16.5. The van der Waals surface area contributed by atoms with Gasteiger partial charge in [0.2, 0.25) is 0 Å². The van der Waals surface area contributed by atoms with Crippen molar-refractivity contribution in [1.82, 2.24) is 9.88 Å². The van der Waals surface area contributed by atoms with E-state index in [-0.39, 0.29) is 18.0 Å². The third-order valence-electron chi connectivity index (χ3n) is 4.32. The Hall–Kier alpha value is -2.40. The van der Waals surface area contributed by atoms with E-state index in [0.717, 1.165) is 27.4 Å². The van der Waals surface area contributed by atoms with E-state index in [1.54, 1.807) is 11.0 Å². The first-order chi connectivity index (χ1) is 12.5. The minimum absolute atomic E-state index is 0.0805. The second kappa shape index (κ2) is 7.87. The van der Waals surface area contributed by atoms with Crippen molar-refractivity contribution in [2.45, 2.75) is 26.8 Å².